The van der Waals surface area contributed by atoms with E-state index in [-0.39, 0.29) is 17.5 Å². The van der Waals surface area contributed by atoms with Gasteiger partial charge in [0.05, 0.1) is 17.1 Å². The van der Waals surface area contributed by atoms with Crippen molar-refractivity contribution in [3.8, 4) is 52.1 Å². The summed E-state index contributed by atoms with van der Waals surface area (Å²) in [6, 6.07) is 13.7. The van der Waals surface area contributed by atoms with Crippen molar-refractivity contribution in [1.82, 2.24) is 20.7 Å². The SMILES string of the molecule is CCOc1ccc(-[n+]2noc([O-])c2-c2nnc(-c3ccc(-[n+]4cc([O-])on4)cc3)o2)cc1. The van der Waals surface area contributed by atoms with E-state index in [4.69, 9.17) is 13.7 Å². The van der Waals surface area contributed by atoms with E-state index in [1.54, 1.807) is 48.5 Å². The van der Waals surface area contributed by atoms with Crippen LogP contribution >= 0.6 is 0 Å². The predicted molar refractivity (Wildman–Crippen MR) is 98.4 cm³/mol. The van der Waals surface area contributed by atoms with E-state index in [0.29, 0.717) is 29.3 Å². The minimum Gasteiger partial charge on any atom is -0.539 e. The third-order valence-electron chi connectivity index (χ3n) is 4.46. The molecule has 0 atom stereocenters. The monoisotopic (exact) mass is 434 g/mol. The molecule has 0 aliphatic carbocycles. The van der Waals surface area contributed by atoms with Gasteiger partial charge in [0.1, 0.15) is 11.7 Å². The molecule has 0 saturated carbocycles. The Morgan fingerprint density at radius 3 is 2.28 bits per heavy atom. The maximum absolute atomic E-state index is 12.3. The Hall–Kier alpha value is -4.74. The fourth-order valence-corrected chi connectivity index (χ4v) is 3.00. The van der Waals surface area contributed by atoms with Gasteiger partial charge < -0.3 is 28.4 Å². The van der Waals surface area contributed by atoms with E-state index in [0.717, 1.165) is 0 Å². The van der Waals surface area contributed by atoms with E-state index >= 15 is 0 Å². The number of hydrogen-bond donors (Lipinski definition) is 0. The van der Waals surface area contributed by atoms with Crippen molar-refractivity contribution >= 4 is 0 Å². The summed E-state index contributed by atoms with van der Waals surface area (Å²) in [5.74, 6) is -0.465. The molecule has 3 heterocycles. The highest BCUT2D eigenvalue weighted by molar-refractivity contribution is 5.57. The van der Waals surface area contributed by atoms with Gasteiger partial charge in [-0.1, -0.05) is 0 Å². The molecule has 0 unspecified atom stereocenters. The molecular formula is C20H14N6O6. The van der Waals surface area contributed by atoms with Gasteiger partial charge in [0.25, 0.3) is 0 Å². The fraction of sp³-hybridized carbons (Fsp3) is 0.100. The highest BCUT2D eigenvalue weighted by Crippen LogP contribution is 2.27. The average molecular weight is 434 g/mol. The zero-order valence-corrected chi connectivity index (χ0v) is 16.5. The molecule has 0 radical (unpaired) electrons. The molecule has 0 fully saturated rings. The van der Waals surface area contributed by atoms with Gasteiger partial charge in [-0.25, -0.2) is 0 Å². The quantitative estimate of drug-likeness (QED) is 0.345. The third-order valence-corrected chi connectivity index (χ3v) is 4.46. The number of hydrogen-bond acceptors (Lipinski definition) is 10. The molecule has 3 aromatic heterocycles. The molecule has 12 nitrogen and oxygen atoms in total. The second kappa shape index (κ2) is 7.83. The first-order valence-electron chi connectivity index (χ1n) is 9.45. The molecule has 0 saturated heterocycles. The average Bonchev–Trinajstić information content (AvgIpc) is 3.54. The lowest BCUT2D eigenvalue weighted by atomic mass is 10.2. The predicted octanol–water partition coefficient (Wildman–Crippen LogP) is 0.479. The van der Waals surface area contributed by atoms with Crippen molar-refractivity contribution in [3.05, 3.63) is 54.7 Å². The van der Waals surface area contributed by atoms with Gasteiger partial charge in [0, 0.05) is 29.8 Å². The summed E-state index contributed by atoms with van der Waals surface area (Å²) in [7, 11) is 0. The highest BCUT2D eigenvalue weighted by Gasteiger charge is 2.28. The van der Waals surface area contributed by atoms with Crippen molar-refractivity contribution in [1.29, 1.82) is 0 Å². The van der Waals surface area contributed by atoms with E-state index < -0.39 is 11.9 Å². The Bertz CT molecular complexity index is 1360. The lowest BCUT2D eigenvalue weighted by molar-refractivity contribution is -0.670. The van der Waals surface area contributed by atoms with Crippen molar-refractivity contribution < 1.29 is 37.8 Å². The van der Waals surface area contributed by atoms with Gasteiger partial charge >= 0.3 is 11.6 Å². The zero-order valence-electron chi connectivity index (χ0n) is 16.5. The maximum Gasteiger partial charge on any atom is 0.327 e. The summed E-state index contributed by atoms with van der Waals surface area (Å²) in [6.07, 6.45) is 1.21. The summed E-state index contributed by atoms with van der Waals surface area (Å²) in [5, 5.41) is 38.8. The number of aromatic nitrogens is 6. The second-order valence-electron chi connectivity index (χ2n) is 6.47. The maximum atomic E-state index is 12.3. The molecule has 5 rings (SSSR count). The van der Waals surface area contributed by atoms with Crippen LogP contribution in [-0.2, 0) is 0 Å². The van der Waals surface area contributed by atoms with Crippen LogP contribution in [-0.4, -0.2) is 27.3 Å². The molecule has 0 bridgehead atoms. The first kappa shape index (κ1) is 19.2. The number of ether oxygens (including phenoxy) is 1. The van der Waals surface area contributed by atoms with E-state index in [9.17, 15) is 10.2 Å². The van der Waals surface area contributed by atoms with Crippen LogP contribution < -0.4 is 24.3 Å². The van der Waals surface area contributed by atoms with Crippen LogP contribution in [0.4, 0.5) is 0 Å². The van der Waals surface area contributed by atoms with E-state index in [1.807, 2.05) is 6.92 Å². The molecule has 32 heavy (non-hydrogen) atoms. The van der Waals surface area contributed by atoms with E-state index in [1.165, 1.54) is 15.6 Å². The minimum atomic E-state index is -0.722. The van der Waals surface area contributed by atoms with Crippen LogP contribution in [0, 0.1) is 0 Å². The summed E-state index contributed by atoms with van der Waals surface area (Å²) in [4.78, 5) is 0. The van der Waals surface area contributed by atoms with Crippen LogP contribution in [0.15, 0.2) is 68.2 Å². The summed E-state index contributed by atoms with van der Waals surface area (Å²) in [5.41, 5.74) is 1.75. The van der Waals surface area contributed by atoms with Crippen LogP contribution in [0.25, 0.3) is 34.4 Å². The van der Waals surface area contributed by atoms with Gasteiger partial charge in [-0.15, -0.1) is 10.2 Å². The van der Waals surface area contributed by atoms with Crippen LogP contribution in [0.2, 0.25) is 0 Å². The van der Waals surface area contributed by atoms with Crippen LogP contribution in [0.3, 0.4) is 0 Å². The van der Waals surface area contributed by atoms with Crippen molar-refractivity contribution in [2.24, 2.45) is 0 Å². The molecule has 0 N–H and O–H groups in total. The topological polar surface area (TPSA) is 154 Å². The normalized spacial score (nSPS) is 11.0. The summed E-state index contributed by atoms with van der Waals surface area (Å²) in [6.45, 7) is 2.42. The molecule has 0 aliphatic heterocycles. The first-order chi connectivity index (χ1) is 15.6. The zero-order chi connectivity index (χ0) is 22.1. The van der Waals surface area contributed by atoms with Crippen molar-refractivity contribution in [2.75, 3.05) is 6.61 Å². The Labute approximate surface area is 179 Å². The van der Waals surface area contributed by atoms with Crippen LogP contribution in [0.1, 0.15) is 6.92 Å². The standard InChI is InChI=1S/C20H14N6O6/c1-2-29-15-9-7-14(8-10-15)26-17(20(28)32-24-26)19-22-21-18(30-19)12-3-5-13(6-4-12)25-11-16(27)31-23-25/h3-11H,2H2,1H3. The summed E-state index contributed by atoms with van der Waals surface area (Å²) >= 11 is 0. The van der Waals surface area contributed by atoms with Gasteiger partial charge in [-0.05, 0) is 40.6 Å². The van der Waals surface area contributed by atoms with Gasteiger partial charge in [-0.3, -0.25) is 0 Å². The van der Waals surface area contributed by atoms with Gasteiger partial charge in [-0.2, -0.15) is 0 Å². The largest absolute Gasteiger partial charge is 0.539 e. The van der Waals surface area contributed by atoms with E-state index in [2.05, 4.69) is 25.3 Å². The molecule has 0 amide bonds. The lowest BCUT2D eigenvalue weighted by Gasteiger charge is -2.01. The van der Waals surface area contributed by atoms with Crippen molar-refractivity contribution in [2.45, 2.75) is 6.92 Å². The first-order valence-corrected chi connectivity index (χ1v) is 9.45. The van der Waals surface area contributed by atoms with Crippen molar-refractivity contribution in [3.63, 3.8) is 0 Å². The highest BCUT2D eigenvalue weighted by atomic mass is 16.6. The Morgan fingerprint density at radius 1 is 0.875 bits per heavy atom. The molecule has 2 aromatic carbocycles. The Balaban J connectivity index is 1.44. The molecule has 5 aromatic rings. The number of rotatable bonds is 6. The lowest BCUT2D eigenvalue weighted by Crippen LogP contribution is -2.34. The van der Waals surface area contributed by atoms with Gasteiger partial charge in [0.2, 0.25) is 23.5 Å². The smallest absolute Gasteiger partial charge is 0.327 e. The number of nitrogens with zero attached hydrogens (tertiary/aromatic N) is 6. The number of benzene rings is 2. The Kier molecular flexibility index (Phi) is 4.71. The minimum absolute atomic E-state index is 0.00865. The summed E-state index contributed by atoms with van der Waals surface area (Å²) < 4.78 is 23.0. The molecule has 0 aliphatic rings. The molecule has 0 spiro atoms. The second-order valence-corrected chi connectivity index (χ2v) is 6.47. The molecular weight excluding hydrogens is 420 g/mol. The van der Waals surface area contributed by atoms with Crippen LogP contribution in [0.5, 0.6) is 17.6 Å². The molecule has 160 valence electrons. The van der Waals surface area contributed by atoms with Gasteiger partial charge in [0.15, 0.2) is 5.95 Å². The fourth-order valence-electron chi connectivity index (χ4n) is 3.00. The third kappa shape index (κ3) is 3.49. The molecule has 12 heteroatoms. The Morgan fingerprint density at radius 2 is 1.59 bits per heavy atom.